The molecule has 0 amide bonds. The number of halogens is 3. The number of hydrogen-bond acceptors (Lipinski definition) is 3. The second kappa shape index (κ2) is 19.5. The van der Waals surface area contributed by atoms with Crippen LogP contribution < -0.4 is 37.2 Å². The number of hydrogen-bond donors (Lipinski definition) is 0. The molecule has 213 valence electrons. The van der Waals surface area contributed by atoms with Crippen molar-refractivity contribution in [3.05, 3.63) is 86.7 Å². The zero-order chi connectivity index (χ0) is 25.4. The molecule has 0 saturated carbocycles. The topological polar surface area (TPSA) is 37.6 Å². The molecule has 1 radical (unpaired) electrons. The van der Waals surface area contributed by atoms with E-state index in [0.29, 0.717) is 0 Å². The summed E-state index contributed by atoms with van der Waals surface area (Å²) in [5.41, 5.74) is 13.1. The van der Waals surface area contributed by atoms with Crippen LogP contribution in [0.1, 0.15) is 91.9 Å². The van der Waals surface area contributed by atoms with Crippen molar-refractivity contribution in [2.75, 3.05) is 0 Å². The number of aromatic nitrogens is 1. The molecule has 0 atom stereocenters. The molecule has 0 aliphatic heterocycles. The molecule has 0 saturated heterocycles. The van der Waals surface area contributed by atoms with E-state index in [1.54, 1.807) is 0 Å². The second-order valence-corrected chi connectivity index (χ2v) is 9.16. The van der Waals surface area contributed by atoms with Crippen LogP contribution in [-0.4, -0.2) is 17.4 Å². The average Bonchev–Trinajstić information content (AvgIpc) is 2.89. The first-order valence-electron chi connectivity index (χ1n) is 13.3. The molecule has 1 heterocycles. The Kier molecular flexibility index (Phi) is 19.7. The largest absolute Gasteiger partial charge is 1.00 e. The maximum Gasteiger partial charge on any atom is 0.0823 e. The molecule has 0 aliphatic rings. The summed E-state index contributed by atoms with van der Waals surface area (Å²) in [6.45, 7) is 15.3. The van der Waals surface area contributed by atoms with Crippen LogP contribution in [0.2, 0.25) is 0 Å². The normalized spacial score (nSPS) is 10.5. The van der Waals surface area contributed by atoms with Gasteiger partial charge in [-0.15, -0.1) is 0 Å². The first-order chi connectivity index (χ1) is 17.0. The third-order valence-electron chi connectivity index (χ3n) is 6.66. The summed E-state index contributed by atoms with van der Waals surface area (Å²) in [5.74, 6) is 0. The van der Waals surface area contributed by atoms with E-state index < -0.39 is 0 Å². The van der Waals surface area contributed by atoms with Gasteiger partial charge in [0.25, 0.3) is 0 Å². The average molecular weight is 625 g/mol. The summed E-state index contributed by atoms with van der Waals surface area (Å²) in [4.78, 5) is 14.7. The summed E-state index contributed by atoms with van der Waals surface area (Å²) in [6.07, 6.45) is 9.82. The van der Waals surface area contributed by atoms with Crippen molar-refractivity contribution in [1.82, 2.24) is 4.98 Å². The fraction of sp³-hybridized carbons (Fsp3) is 0.406. The van der Waals surface area contributed by atoms with Gasteiger partial charge in [-0.25, -0.2) is 4.98 Å². The van der Waals surface area contributed by atoms with Gasteiger partial charge in [-0.2, -0.15) is 0 Å². The molecule has 3 nitrogen and oxygen atoms in total. The van der Waals surface area contributed by atoms with E-state index in [9.17, 15) is 0 Å². The number of aryl methyl sites for hydroxylation is 7. The Morgan fingerprint density at radius 1 is 0.538 bits per heavy atom. The van der Waals surface area contributed by atoms with Crippen molar-refractivity contribution >= 4 is 23.8 Å². The molecule has 7 heteroatoms. The van der Waals surface area contributed by atoms with Gasteiger partial charge < -0.3 is 37.2 Å². The number of pyridine rings is 1. The predicted octanol–water partition coefficient (Wildman–Crippen LogP) is -0.725. The molecule has 3 aromatic rings. The third kappa shape index (κ3) is 10.4. The van der Waals surface area contributed by atoms with E-state index in [-0.39, 0.29) is 55.8 Å². The Morgan fingerprint density at radius 2 is 0.846 bits per heavy atom. The minimum Gasteiger partial charge on any atom is -1.00 e. The van der Waals surface area contributed by atoms with Gasteiger partial charge in [-0.05, 0) is 96.5 Å². The van der Waals surface area contributed by atoms with Gasteiger partial charge in [0.2, 0.25) is 0 Å². The van der Waals surface area contributed by atoms with Crippen molar-refractivity contribution < 1.29 is 55.8 Å². The van der Waals surface area contributed by atoms with Crippen molar-refractivity contribution in [3.63, 3.8) is 0 Å². The van der Waals surface area contributed by atoms with Crippen LogP contribution >= 0.6 is 0 Å². The summed E-state index contributed by atoms with van der Waals surface area (Å²) in [7, 11) is 0. The Bertz CT molecular complexity index is 1100. The van der Waals surface area contributed by atoms with E-state index in [4.69, 9.17) is 15.0 Å². The number of nitrogens with zero attached hydrogens (tertiary/aromatic N) is 3. The monoisotopic (exact) mass is 623 g/mol. The fourth-order valence-electron chi connectivity index (χ4n) is 4.60. The Balaban J connectivity index is 0. The Labute approximate surface area is 266 Å². The summed E-state index contributed by atoms with van der Waals surface area (Å²) < 4.78 is 0. The smallest absolute Gasteiger partial charge is 0.0823 e. The standard InChI is InChI=1S/C32H41N3.3ClH.V/c1-8-23-16-25(10-3)31(26(11-4)17-23)33-20-29-14-22(7)15-30(35-29)21-34-32-27(12-5)18-24(9-2)19-28(32)13-6;;;;/h14-21H,8-13H2,1-7H3;3*1H;/p-3. The molecule has 0 unspecified atom stereocenters. The van der Waals surface area contributed by atoms with Crippen LogP contribution in [0, 0.1) is 6.92 Å². The summed E-state index contributed by atoms with van der Waals surface area (Å²) >= 11 is 0. The molecule has 0 fully saturated rings. The van der Waals surface area contributed by atoms with Crippen LogP contribution in [0.3, 0.4) is 0 Å². The van der Waals surface area contributed by atoms with E-state index in [0.717, 1.165) is 66.9 Å². The van der Waals surface area contributed by atoms with Gasteiger partial charge in [-0.3, -0.25) is 9.98 Å². The van der Waals surface area contributed by atoms with Crippen LogP contribution in [0.15, 0.2) is 46.4 Å². The molecule has 0 spiro atoms. The van der Waals surface area contributed by atoms with E-state index in [1.807, 2.05) is 12.4 Å². The van der Waals surface area contributed by atoms with Gasteiger partial charge in [0, 0.05) is 18.6 Å². The zero-order valence-electron chi connectivity index (χ0n) is 24.3. The van der Waals surface area contributed by atoms with Gasteiger partial charge >= 0.3 is 0 Å². The molecule has 2 aromatic carbocycles. The maximum absolute atomic E-state index is 4.94. The molecule has 39 heavy (non-hydrogen) atoms. The molecule has 0 bridgehead atoms. The number of aliphatic imine (C=N–C) groups is 2. The molecule has 3 rings (SSSR count). The first kappa shape index (κ1) is 39.5. The maximum atomic E-state index is 4.94. The van der Waals surface area contributed by atoms with E-state index in [1.165, 1.54) is 33.4 Å². The predicted molar refractivity (Wildman–Crippen MR) is 153 cm³/mol. The number of rotatable bonds is 10. The van der Waals surface area contributed by atoms with Crippen LogP contribution in [0.25, 0.3) is 0 Å². The SMILES string of the molecule is CCc1cc(CC)c(N=Cc2cc(C)cc(C=Nc3c(CC)cc(CC)cc3CC)n2)c(CC)c1.[Cl-].[Cl-].[Cl-].[V]. The third-order valence-corrected chi connectivity index (χ3v) is 6.66. The van der Waals surface area contributed by atoms with Crippen molar-refractivity contribution in [2.24, 2.45) is 9.98 Å². The fourth-order valence-corrected chi connectivity index (χ4v) is 4.60. The Morgan fingerprint density at radius 3 is 1.10 bits per heavy atom. The van der Waals surface area contributed by atoms with Gasteiger partial charge in [-0.1, -0.05) is 65.8 Å². The van der Waals surface area contributed by atoms with Crippen molar-refractivity contribution in [1.29, 1.82) is 0 Å². The van der Waals surface area contributed by atoms with Gasteiger partial charge in [0.15, 0.2) is 0 Å². The quantitative estimate of drug-likeness (QED) is 0.275. The summed E-state index contributed by atoms with van der Waals surface area (Å²) in [6, 6.07) is 13.4. The Hall–Kier alpha value is -1.62. The van der Waals surface area contributed by atoms with E-state index in [2.05, 4.69) is 84.9 Å². The van der Waals surface area contributed by atoms with Crippen LogP contribution in [0.5, 0.6) is 0 Å². The minimum absolute atomic E-state index is 0. The molecule has 1 aromatic heterocycles. The van der Waals surface area contributed by atoms with Gasteiger partial charge in [0.1, 0.15) is 0 Å². The first-order valence-corrected chi connectivity index (χ1v) is 13.3. The van der Waals surface area contributed by atoms with Crippen molar-refractivity contribution in [3.8, 4) is 0 Å². The van der Waals surface area contributed by atoms with Crippen LogP contribution in [0.4, 0.5) is 11.4 Å². The molecule has 0 N–H and O–H groups in total. The molecular formula is C32H41Cl3N3V-3. The second-order valence-electron chi connectivity index (χ2n) is 9.16. The summed E-state index contributed by atoms with van der Waals surface area (Å²) in [5, 5.41) is 0. The van der Waals surface area contributed by atoms with E-state index >= 15 is 0 Å². The van der Waals surface area contributed by atoms with Crippen molar-refractivity contribution in [2.45, 2.75) is 87.0 Å². The van der Waals surface area contributed by atoms with Crippen LogP contribution in [-0.2, 0) is 57.1 Å². The minimum atomic E-state index is 0. The molecule has 0 aliphatic carbocycles. The zero-order valence-corrected chi connectivity index (χ0v) is 27.9. The number of benzene rings is 2. The van der Waals surface area contributed by atoms with Gasteiger partial charge in [0.05, 0.1) is 35.2 Å². The molecular weight excluding hydrogens is 584 g/mol.